The van der Waals surface area contributed by atoms with Crippen molar-refractivity contribution >= 4 is 27.9 Å². The zero-order valence-electron chi connectivity index (χ0n) is 5.27. The van der Waals surface area contributed by atoms with E-state index in [4.69, 9.17) is 5.14 Å². The summed E-state index contributed by atoms with van der Waals surface area (Å²) in [5.74, 6) is -1.30. The standard InChI is InChI=1S/C6H4BrF2NS/c7-3-1-4(8)6(11-10)5(9)2-3/h1-2H,10H2. The number of rotatable bonds is 1. The van der Waals surface area contributed by atoms with Gasteiger partial charge >= 0.3 is 0 Å². The molecule has 0 atom stereocenters. The molecule has 0 aliphatic rings. The first kappa shape index (κ1) is 8.96. The molecule has 0 saturated heterocycles. The van der Waals surface area contributed by atoms with Gasteiger partial charge in [0.1, 0.15) is 11.6 Å². The molecule has 0 fully saturated rings. The van der Waals surface area contributed by atoms with E-state index in [1.807, 2.05) is 0 Å². The Hall–Kier alpha value is -0.130. The van der Waals surface area contributed by atoms with Crippen LogP contribution < -0.4 is 5.14 Å². The summed E-state index contributed by atoms with van der Waals surface area (Å²) in [7, 11) is 0. The van der Waals surface area contributed by atoms with Gasteiger partial charge < -0.3 is 0 Å². The monoisotopic (exact) mass is 239 g/mol. The highest BCUT2D eigenvalue weighted by Crippen LogP contribution is 2.24. The van der Waals surface area contributed by atoms with Gasteiger partial charge in [-0.25, -0.2) is 8.78 Å². The van der Waals surface area contributed by atoms with Crippen LogP contribution in [-0.2, 0) is 0 Å². The molecule has 0 aromatic heterocycles. The lowest BCUT2D eigenvalue weighted by molar-refractivity contribution is 0.539. The fraction of sp³-hybridized carbons (Fsp3) is 0. The predicted molar refractivity (Wildman–Crippen MR) is 44.1 cm³/mol. The summed E-state index contributed by atoms with van der Waals surface area (Å²) in [4.78, 5) is -0.159. The smallest absolute Gasteiger partial charge is 0.142 e. The summed E-state index contributed by atoms with van der Waals surface area (Å²) in [6.07, 6.45) is 0. The second-order valence-corrected chi connectivity index (χ2v) is 3.38. The normalized spacial score (nSPS) is 10.2. The van der Waals surface area contributed by atoms with Crippen molar-refractivity contribution in [3.05, 3.63) is 28.2 Å². The lowest BCUT2D eigenvalue weighted by Crippen LogP contribution is -1.90. The van der Waals surface area contributed by atoms with Crippen molar-refractivity contribution in [3.8, 4) is 0 Å². The highest BCUT2D eigenvalue weighted by atomic mass is 79.9. The number of hydrogen-bond donors (Lipinski definition) is 1. The minimum Gasteiger partial charge on any atom is -0.273 e. The quantitative estimate of drug-likeness (QED) is 0.763. The van der Waals surface area contributed by atoms with Crippen molar-refractivity contribution in [1.82, 2.24) is 0 Å². The first-order chi connectivity index (χ1) is 5.15. The van der Waals surface area contributed by atoms with Crippen molar-refractivity contribution in [2.45, 2.75) is 4.90 Å². The fourth-order valence-electron chi connectivity index (χ4n) is 0.642. The topological polar surface area (TPSA) is 26.0 Å². The average Bonchev–Trinajstić information content (AvgIpc) is 1.85. The first-order valence-electron chi connectivity index (χ1n) is 2.66. The van der Waals surface area contributed by atoms with E-state index in [-0.39, 0.29) is 4.90 Å². The van der Waals surface area contributed by atoms with E-state index < -0.39 is 11.6 Å². The Balaban J connectivity index is 3.25. The summed E-state index contributed by atoms with van der Waals surface area (Å²) < 4.78 is 25.8. The summed E-state index contributed by atoms with van der Waals surface area (Å²) in [6, 6.07) is 2.33. The second kappa shape index (κ2) is 3.51. The maximum atomic E-state index is 12.7. The van der Waals surface area contributed by atoms with E-state index in [9.17, 15) is 8.78 Å². The lowest BCUT2D eigenvalue weighted by atomic mass is 10.3. The van der Waals surface area contributed by atoms with Gasteiger partial charge in [-0.2, -0.15) is 0 Å². The summed E-state index contributed by atoms with van der Waals surface area (Å²) in [5.41, 5.74) is 0. The molecule has 2 N–H and O–H groups in total. The van der Waals surface area contributed by atoms with E-state index >= 15 is 0 Å². The Bertz CT molecular complexity index is 256. The Kier molecular flexibility index (Phi) is 2.86. The summed E-state index contributed by atoms with van der Waals surface area (Å²) >= 11 is 3.51. The molecule has 1 aromatic carbocycles. The maximum absolute atomic E-state index is 12.7. The van der Waals surface area contributed by atoms with Gasteiger partial charge in [0.25, 0.3) is 0 Å². The third-order valence-electron chi connectivity index (χ3n) is 1.08. The molecule has 1 aromatic rings. The summed E-state index contributed by atoms with van der Waals surface area (Å²) in [6.45, 7) is 0. The number of hydrogen-bond acceptors (Lipinski definition) is 2. The van der Waals surface area contributed by atoms with Crippen LogP contribution in [0.15, 0.2) is 21.5 Å². The van der Waals surface area contributed by atoms with Gasteiger partial charge in [0.15, 0.2) is 0 Å². The Morgan fingerprint density at radius 3 is 2.09 bits per heavy atom. The van der Waals surface area contributed by atoms with E-state index in [1.165, 1.54) is 0 Å². The van der Waals surface area contributed by atoms with Crippen molar-refractivity contribution in [2.24, 2.45) is 5.14 Å². The molecule has 0 unspecified atom stereocenters. The molecule has 5 heteroatoms. The van der Waals surface area contributed by atoms with E-state index in [1.54, 1.807) is 0 Å². The van der Waals surface area contributed by atoms with Crippen LogP contribution in [0, 0.1) is 11.6 Å². The molecule has 0 aliphatic carbocycles. The first-order valence-corrected chi connectivity index (χ1v) is 4.33. The Morgan fingerprint density at radius 1 is 1.27 bits per heavy atom. The lowest BCUT2D eigenvalue weighted by Gasteiger charge is -2.00. The molecule has 1 nitrogen and oxygen atoms in total. The average molecular weight is 240 g/mol. The molecule has 0 spiro atoms. The molecule has 11 heavy (non-hydrogen) atoms. The second-order valence-electron chi connectivity index (χ2n) is 1.82. The molecular weight excluding hydrogens is 236 g/mol. The van der Waals surface area contributed by atoms with E-state index in [2.05, 4.69) is 15.9 Å². The van der Waals surface area contributed by atoms with Crippen LogP contribution in [-0.4, -0.2) is 0 Å². The molecular formula is C6H4BrF2NS. The SMILES string of the molecule is NSc1c(F)cc(Br)cc1F. The van der Waals surface area contributed by atoms with Gasteiger partial charge in [0.2, 0.25) is 0 Å². The third-order valence-corrected chi connectivity index (χ3v) is 2.16. The molecule has 0 radical (unpaired) electrons. The largest absolute Gasteiger partial charge is 0.273 e. The van der Waals surface area contributed by atoms with Crippen LogP contribution in [0.4, 0.5) is 8.78 Å². The minimum atomic E-state index is -0.649. The highest BCUT2D eigenvalue weighted by Gasteiger charge is 2.08. The van der Waals surface area contributed by atoms with Gasteiger partial charge in [-0.05, 0) is 24.1 Å². The van der Waals surface area contributed by atoms with Gasteiger partial charge in [-0.1, -0.05) is 15.9 Å². The Labute approximate surface area is 75.2 Å². The molecule has 0 saturated carbocycles. The van der Waals surface area contributed by atoms with Crippen molar-refractivity contribution in [2.75, 3.05) is 0 Å². The van der Waals surface area contributed by atoms with Crippen LogP contribution in [0.1, 0.15) is 0 Å². The highest BCUT2D eigenvalue weighted by molar-refractivity contribution is 9.10. The maximum Gasteiger partial charge on any atom is 0.142 e. The van der Waals surface area contributed by atoms with Gasteiger partial charge in [-0.3, -0.25) is 5.14 Å². The van der Waals surface area contributed by atoms with Crippen molar-refractivity contribution < 1.29 is 8.78 Å². The van der Waals surface area contributed by atoms with Crippen LogP contribution in [0.25, 0.3) is 0 Å². The van der Waals surface area contributed by atoms with E-state index in [0.29, 0.717) is 16.4 Å². The minimum absolute atomic E-state index is 0.159. The molecule has 0 aliphatic heterocycles. The molecule has 0 amide bonds. The number of benzene rings is 1. The molecule has 60 valence electrons. The number of halogens is 3. The van der Waals surface area contributed by atoms with Crippen LogP contribution in [0.3, 0.4) is 0 Å². The Morgan fingerprint density at radius 2 is 1.73 bits per heavy atom. The third kappa shape index (κ3) is 1.91. The van der Waals surface area contributed by atoms with Crippen LogP contribution in [0.2, 0.25) is 0 Å². The molecule has 1 rings (SSSR count). The van der Waals surface area contributed by atoms with Gasteiger partial charge in [0, 0.05) is 4.47 Å². The zero-order valence-corrected chi connectivity index (χ0v) is 7.68. The van der Waals surface area contributed by atoms with Crippen molar-refractivity contribution in [1.29, 1.82) is 0 Å². The predicted octanol–water partition coefficient (Wildman–Crippen LogP) is 2.69. The fourth-order valence-corrected chi connectivity index (χ4v) is 1.39. The summed E-state index contributed by atoms with van der Waals surface area (Å²) in [5, 5.41) is 5.02. The van der Waals surface area contributed by atoms with Gasteiger partial charge in [-0.15, -0.1) is 0 Å². The molecule has 0 heterocycles. The van der Waals surface area contributed by atoms with Crippen LogP contribution in [0.5, 0.6) is 0 Å². The number of nitrogens with two attached hydrogens (primary N) is 1. The zero-order chi connectivity index (χ0) is 8.43. The van der Waals surface area contributed by atoms with E-state index in [0.717, 1.165) is 12.1 Å². The molecule has 0 bridgehead atoms. The van der Waals surface area contributed by atoms with Gasteiger partial charge in [0.05, 0.1) is 4.90 Å². The van der Waals surface area contributed by atoms with Crippen molar-refractivity contribution in [3.63, 3.8) is 0 Å². The van der Waals surface area contributed by atoms with Crippen LogP contribution >= 0.6 is 27.9 Å².